The van der Waals surface area contributed by atoms with Gasteiger partial charge in [-0.15, -0.1) is 0 Å². The number of pyridine rings is 2. The third-order valence-corrected chi connectivity index (χ3v) is 1.92. The van der Waals surface area contributed by atoms with Crippen LogP contribution in [-0.4, -0.2) is 14.9 Å². The van der Waals surface area contributed by atoms with E-state index in [1.54, 1.807) is 12.1 Å². The molecule has 0 atom stereocenters. The lowest BCUT2D eigenvalue weighted by atomic mass is 10.3. The molecule has 14 heavy (non-hydrogen) atoms. The minimum absolute atomic E-state index is 0.0541. The molecule has 0 fully saturated rings. The van der Waals surface area contributed by atoms with Crippen molar-refractivity contribution in [3.05, 3.63) is 39.7 Å². The molecule has 0 aliphatic rings. The van der Waals surface area contributed by atoms with Gasteiger partial charge in [-0.3, -0.25) is 10.1 Å². The van der Waals surface area contributed by atoms with Crippen molar-refractivity contribution in [2.75, 3.05) is 0 Å². The Morgan fingerprint density at radius 1 is 1.43 bits per heavy atom. The molecule has 0 unspecified atom stereocenters. The number of aromatic nitrogens is 2. The fourth-order valence-electron chi connectivity index (χ4n) is 1.08. The highest BCUT2D eigenvalue weighted by Gasteiger charge is 2.07. The topological polar surface area (TPSA) is 68.9 Å². The van der Waals surface area contributed by atoms with Gasteiger partial charge in [0.05, 0.1) is 4.92 Å². The predicted octanol–water partition coefficient (Wildman–Crippen LogP) is 2.19. The van der Waals surface area contributed by atoms with Crippen LogP contribution in [0.3, 0.4) is 0 Å². The minimum atomic E-state index is -0.499. The molecule has 0 aromatic carbocycles. The number of rotatable bonds is 1. The molecule has 0 saturated heterocycles. The van der Waals surface area contributed by atoms with Gasteiger partial charge in [-0.25, -0.2) is 9.97 Å². The standard InChI is InChI=1S/C8H4ClN3O2/c9-7-2-1-5-3-6(12(13)14)4-10-8(5)11-7/h1-4H. The van der Waals surface area contributed by atoms with E-state index in [9.17, 15) is 10.1 Å². The van der Waals surface area contributed by atoms with Crippen molar-refractivity contribution in [3.8, 4) is 0 Å². The van der Waals surface area contributed by atoms with E-state index in [2.05, 4.69) is 9.97 Å². The molecule has 0 spiro atoms. The van der Waals surface area contributed by atoms with Crippen LogP contribution in [0.2, 0.25) is 5.15 Å². The normalized spacial score (nSPS) is 10.4. The van der Waals surface area contributed by atoms with Gasteiger partial charge in [0.25, 0.3) is 5.69 Å². The quantitative estimate of drug-likeness (QED) is 0.410. The Labute approximate surface area is 83.5 Å². The van der Waals surface area contributed by atoms with Gasteiger partial charge >= 0.3 is 0 Å². The van der Waals surface area contributed by atoms with Crippen LogP contribution in [-0.2, 0) is 0 Å². The molecular weight excluding hydrogens is 206 g/mol. The summed E-state index contributed by atoms with van der Waals surface area (Å²) in [6.45, 7) is 0. The lowest BCUT2D eigenvalue weighted by Gasteiger charge is -1.96. The first-order chi connectivity index (χ1) is 6.66. The molecule has 6 heteroatoms. The second-order valence-electron chi connectivity index (χ2n) is 2.63. The first kappa shape index (κ1) is 8.83. The zero-order valence-corrected chi connectivity index (χ0v) is 7.60. The van der Waals surface area contributed by atoms with Crippen molar-refractivity contribution in [1.82, 2.24) is 9.97 Å². The molecule has 0 saturated carbocycles. The van der Waals surface area contributed by atoms with Gasteiger partial charge in [0.1, 0.15) is 11.3 Å². The third-order valence-electron chi connectivity index (χ3n) is 1.70. The van der Waals surface area contributed by atoms with Gasteiger partial charge in [-0.1, -0.05) is 11.6 Å². The maximum Gasteiger partial charge on any atom is 0.288 e. The lowest BCUT2D eigenvalue weighted by molar-refractivity contribution is -0.385. The van der Waals surface area contributed by atoms with Crippen LogP contribution in [0, 0.1) is 10.1 Å². The molecule has 0 aliphatic heterocycles. The fraction of sp³-hybridized carbons (Fsp3) is 0. The molecule has 0 aliphatic carbocycles. The van der Waals surface area contributed by atoms with Gasteiger partial charge < -0.3 is 0 Å². The summed E-state index contributed by atoms with van der Waals surface area (Å²) in [6, 6.07) is 4.62. The summed E-state index contributed by atoms with van der Waals surface area (Å²) in [6.07, 6.45) is 1.16. The second-order valence-corrected chi connectivity index (χ2v) is 3.02. The molecule has 70 valence electrons. The highest BCUT2D eigenvalue weighted by Crippen LogP contribution is 2.18. The van der Waals surface area contributed by atoms with Crippen molar-refractivity contribution in [2.24, 2.45) is 0 Å². The smallest absolute Gasteiger partial charge is 0.258 e. The van der Waals surface area contributed by atoms with Crippen molar-refractivity contribution in [2.45, 2.75) is 0 Å². The van der Waals surface area contributed by atoms with E-state index >= 15 is 0 Å². The van der Waals surface area contributed by atoms with Crippen LogP contribution >= 0.6 is 11.6 Å². The van der Waals surface area contributed by atoms with Crippen molar-refractivity contribution in [3.63, 3.8) is 0 Å². The summed E-state index contributed by atoms with van der Waals surface area (Å²) in [5.41, 5.74) is 0.352. The summed E-state index contributed by atoms with van der Waals surface area (Å²) >= 11 is 5.64. The van der Waals surface area contributed by atoms with Crippen LogP contribution < -0.4 is 0 Å². The number of halogens is 1. The van der Waals surface area contributed by atoms with E-state index in [-0.39, 0.29) is 5.69 Å². The number of fused-ring (bicyclic) bond motifs is 1. The van der Waals surface area contributed by atoms with Gasteiger partial charge in [-0.05, 0) is 12.1 Å². The zero-order valence-electron chi connectivity index (χ0n) is 6.85. The summed E-state index contributed by atoms with van der Waals surface area (Å²) in [4.78, 5) is 17.7. The van der Waals surface area contributed by atoms with E-state index in [4.69, 9.17) is 11.6 Å². The Morgan fingerprint density at radius 2 is 2.21 bits per heavy atom. The van der Waals surface area contributed by atoms with Crippen molar-refractivity contribution < 1.29 is 4.92 Å². The maximum absolute atomic E-state index is 10.4. The largest absolute Gasteiger partial charge is 0.288 e. The van der Waals surface area contributed by atoms with Gasteiger partial charge in [0, 0.05) is 11.5 Å². The monoisotopic (exact) mass is 209 g/mol. The molecule has 0 N–H and O–H groups in total. The molecule has 2 rings (SSSR count). The van der Waals surface area contributed by atoms with Crippen LogP contribution in [0.15, 0.2) is 24.4 Å². The average molecular weight is 210 g/mol. The highest BCUT2D eigenvalue weighted by atomic mass is 35.5. The van der Waals surface area contributed by atoms with Crippen LogP contribution in [0.1, 0.15) is 0 Å². The summed E-state index contributed by atoms with van der Waals surface area (Å²) < 4.78 is 0. The SMILES string of the molecule is O=[N+]([O-])c1cnc2nc(Cl)ccc2c1. The molecule has 0 amide bonds. The number of nitro groups is 1. The first-order valence-electron chi connectivity index (χ1n) is 3.73. The zero-order chi connectivity index (χ0) is 10.1. The van der Waals surface area contributed by atoms with Crippen LogP contribution in [0.25, 0.3) is 11.0 Å². The molecule has 2 aromatic rings. The molecule has 5 nitrogen and oxygen atoms in total. The average Bonchev–Trinajstić information content (AvgIpc) is 2.16. The Balaban J connectivity index is 2.67. The number of hydrogen-bond acceptors (Lipinski definition) is 4. The van der Waals surface area contributed by atoms with E-state index < -0.39 is 4.92 Å². The predicted molar refractivity (Wildman–Crippen MR) is 51.2 cm³/mol. The molecule has 0 bridgehead atoms. The number of hydrogen-bond donors (Lipinski definition) is 0. The van der Waals surface area contributed by atoms with Crippen molar-refractivity contribution in [1.29, 1.82) is 0 Å². The Morgan fingerprint density at radius 3 is 2.93 bits per heavy atom. The van der Waals surface area contributed by atoms with E-state index in [0.29, 0.717) is 16.2 Å². The Hall–Kier alpha value is -1.75. The highest BCUT2D eigenvalue weighted by molar-refractivity contribution is 6.29. The van der Waals surface area contributed by atoms with E-state index in [1.807, 2.05) is 0 Å². The maximum atomic E-state index is 10.4. The fourth-order valence-corrected chi connectivity index (χ4v) is 1.22. The summed E-state index contributed by atoms with van der Waals surface area (Å²) in [5.74, 6) is 0. The third kappa shape index (κ3) is 1.49. The first-order valence-corrected chi connectivity index (χ1v) is 4.11. The molecule has 2 aromatic heterocycles. The van der Waals surface area contributed by atoms with Crippen LogP contribution in [0.4, 0.5) is 5.69 Å². The summed E-state index contributed by atoms with van der Waals surface area (Å²) in [5, 5.41) is 11.3. The van der Waals surface area contributed by atoms with Crippen molar-refractivity contribution >= 4 is 28.3 Å². The molecule has 0 radical (unpaired) electrons. The summed E-state index contributed by atoms with van der Waals surface area (Å²) in [7, 11) is 0. The van der Waals surface area contributed by atoms with Gasteiger partial charge in [-0.2, -0.15) is 0 Å². The molecule has 2 heterocycles. The van der Waals surface area contributed by atoms with Gasteiger partial charge in [0.15, 0.2) is 5.65 Å². The van der Waals surface area contributed by atoms with E-state index in [1.165, 1.54) is 6.07 Å². The Kier molecular flexibility index (Phi) is 2.01. The van der Waals surface area contributed by atoms with Crippen LogP contribution in [0.5, 0.6) is 0 Å². The lowest BCUT2D eigenvalue weighted by Crippen LogP contribution is -1.90. The number of nitrogens with zero attached hydrogens (tertiary/aromatic N) is 3. The molecular formula is C8H4ClN3O2. The Bertz CT molecular complexity index is 515. The minimum Gasteiger partial charge on any atom is -0.258 e. The van der Waals surface area contributed by atoms with Gasteiger partial charge in [0.2, 0.25) is 0 Å². The van der Waals surface area contributed by atoms with E-state index in [0.717, 1.165) is 6.20 Å². The second kappa shape index (κ2) is 3.19.